The predicted octanol–water partition coefficient (Wildman–Crippen LogP) is 6.23. The van der Waals surface area contributed by atoms with E-state index >= 15 is 0 Å². The van der Waals surface area contributed by atoms with Gasteiger partial charge in [0.1, 0.15) is 22.8 Å². The maximum Gasteiger partial charge on any atom is 0.416 e. The molecule has 4 heterocycles. The lowest BCUT2D eigenvalue weighted by atomic mass is 9.69. The predicted molar refractivity (Wildman–Crippen MR) is 157 cm³/mol. The molecule has 0 amide bonds. The molecule has 1 N–H and O–H groups in total. The second kappa shape index (κ2) is 11.6. The molecule has 13 heteroatoms. The number of alkyl halides is 3. The lowest BCUT2D eigenvalue weighted by Crippen LogP contribution is -2.44. The van der Waals surface area contributed by atoms with Gasteiger partial charge in [0.2, 0.25) is 0 Å². The standard InChI is InChI=1S/C31H32F4N8O/c1-42(17-30(18-44-2)6-3-7-30)25-13-23(20-10-21(31(33,34)35)12-22(32)11-20)39-29-27(25)40-28(41-29)24-15-38-26(16-37-24)43-8-4-19(14-36)5-9-43/h10-13,15-16,19H,3-9,17-18H2,1-2H3,(H,39,40,41). The van der Waals surface area contributed by atoms with Crippen molar-refractivity contribution < 1.29 is 22.3 Å². The maximum absolute atomic E-state index is 14.4. The van der Waals surface area contributed by atoms with Gasteiger partial charge < -0.3 is 19.5 Å². The van der Waals surface area contributed by atoms with Crippen LogP contribution in [-0.4, -0.2) is 65.3 Å². The number of imidazole rings is 1. The Kier molecular flexibility index (Phi) is 7.88. The first kappa shape index (κ1) is 29.7. The van der Waals surface area contributed by atoms with Gasteiger partial charge >= 0.3 is 6.18 Å². The van der Waals surface area contributed by atoms with Crippen LogP contribution in [0.5, 0.6) is 0 Å². The van der Waals surface area contributed by atoms with Gasteiger partial charge in [0, 0.05) is 50.7 Å². The molecular weight excluding hydrogens is 576 g/mol. The first-order valence-electron chi connectivity index (χ1n) is 14.5. The van der Waals surface area contributed by atoms with Crippen molar-refractivity contribution in [2.75, 3.05) is 50.2 Å². The second-order valence-corrected chi connectivity index (χ2v) is 11.8. The molecule has 4 aromatic rings. The molecule has 3 aromatic heterocycles. The number of aromatic nitrogens is 5. The van der Waals surface area contributed by atoms with Crippen LogP contribution in [0, 0.1) is 28.5 Å². The number of hydrogen-bond donors (Lipinski definition) is 1. The number of rotatable bonds is 8. The molecule has 0 unspecified atom stereocenters. The summed E-state index contributed by atoms with van der Waals surface area (Å²) in [6.45, 7) is 2.67. The zero-order valence-corrected chi connectivity index (χ0v) is 24.5. The van der Waals surface area contributed by atoms with Crippen LogP contribution in [0.3, 0.4) is 0 Å². The third kappa shape index (κ3) is 5.91. The number of aromatic amines is 1. The van der Waals surface area contributed by atoms with Crippen molar-refractivity contribution in [3.8, 4) is 28.8 Å². The molecule has 1 saturated heterocycles. The Balaban J connectivity index is 1.38. The quantitative estimate of drug-likeness (QED) is 0.235. The van der Waals surface area contributed by atoms with E-state index in [4.69, 9.17) is 4.74 Å². The number of ether oxygens (including phenoxy) is 1. The minimum absolute atomic E-state index is 0.00186. The number of nitriles is 1. The number of pyridine rings is 1. The van der Waals surface area contributed by atoms with Gasteiger partial charge in [-0.3, -0.25) is 0 Å². The zero-order valence-electron chi connectivity index (χ0n) is 24.5. The van der Waals surface area contributed by atoms with Crippen LogP contribution in [0.4, 0.5) is 29.1 Å². The number of piperidine rings is 1. The number of nitrogens with zero attached hydrogens (tertiary/aromatic N) is 7. The van der Waals surface area contributed by atoms with E-state index in [2.05, 4.69) is 35.9 Å². The summed E-state index contributed by atoms with van der Waals surface area (Å²) in [4.78, 5) is 25.8. The molecule has 1 aliphatic heterocycles. The molecule has 1 aliphatic carbocycles. The number of benzene rings is 1. The molecule has 0 radical (unpaired) electrons. The van der Waals surface area contributed by atoms with Crippen molar-refractivity contribution in [2.45, 2.75) is 38.3 Å². The third-order valence-corrected chi connectivity index (χ3v) is 8.69. The van der Waals surface area contributed by atoms with E-state index in [1.54, 1.807) is 25.6 Å². The fourth-order valence-electron chi connectivity index (χ4n) is 6.21. The molecule has 44 heavy (non-hydrogen) atoms. The van der Waals surface area contributed by atoms with E-state index in [9.17, 15) is 22.8 Å². The van der Waals surface area contributed by atoms with Gasteiger partial charge in [-0.1, -0.05) is 6.42 Å². The van der Waals surface area contributed by atoms with E-state index in [0.29, 0.717) is 47.8 Å². The third-order valence-electron chi connectivity index (χ3n) is 8.69. The van der Waals surface area contributed by atoms with Crippen LogP contribution in [0.15, 0.2) is 36.7 Å². The van der Waals surface area contributed by atoms with Crippen LogP contribution < -0.4 is 9.80 Å². The highest BCUT2D eigenvalue weighted by Gasteiger charge is 2.38. The van der Waals surface area contributed by atoms with E-state index in [1.165, 1.54) is 0 Å². The lowest BCUT2D eigenvalue weighted by Gasteiger charge is -2.44. The fraction of sp³-hybridized carbons (Fsp3) is 0.452. The van der Waals surface area contributed by atoms with Gasteiger partial charge in [-0.15, -0.1) is 0 Å². The number of fused-ring (bicyclic) bond motifs is 1. The summed E-state index contributed by atoms with van der Waals surface area (Å²) in [7, 11) is 3.58. The van der Waals surface area contributed by atoms with Gasteiger partial charge in [-0.25, -0.2) is 24.3 Å². The maximum atomic E-state index is 14.4. The Hall–Kier alpha value is -4.31. The smallest absolute Gasteiger partial charge is 0.384 e. The van der Waals surface area contributed by atoms with Crippen LogP contribution >= 0.6 is 0 Å². The number of anilines is 2. The molecule has 1 saturated carbocycles. The summed E-state index contributed by atoms with van der Waals surface area (Å²) in [6.07, 6.45) is 3.19. The largest absolute Gasteiger partial charge is 0.416 e. The summed E-state index contributed by atoms with van der Waals surface area (Å²) in [5.41, 5.74) is 0.992. The van der Waals surface area contributed by atoms with E-state index in [0.717, 1.165) is 57.3 Å². The molecule has 0 spiro atoms. The Morgan fingerprint density at radius 2 is 1.86 bits per heavy atom. The van der Waals surface area contributed by atoms with Crippen LogP contribution in [-0.2, 0) is 10.9 Å². The Morgan fingerprint density at radius 3 is 2.48 bits per heavy atom. The summed E-state index contributed by atoms with van der Waals surface area (Å²) >= 11 is 0. The minimum Gasteiger partial charge on any atom is -0.384 e. The monoisotopic (exact) mass is 608 g/mol. The average molecular weight is 609 g/mol. The fourth-order valence-corrected chi connectivity index (χ4v) is 6.21. The molecule has 1 aromatic carbocycles. The summed E-state index contributed by atoms with van der Waals surface area (Å²) < 4.78 is 60.6. The van der Waals surface area contributed by atoms with Crippen molar-refractivity contribution in [1.82, 2.24) is 24.9 Å². The molecule has 2 aliphatic rings. The van der Waals surface area contributed by atoms with Crippen LogP contribution in [0.1, 0.15) is 37.7 Å². The topological polar surface area (TPSA) is 107 Å². The number of hydrogen-bond acceptors (Lipinski definition) is 8. The summed E-state index contributed by atoms with van der Waals surface area (Å²) in [5, 5.41) is 9.17. The minimum atomic E-state index is -4.71. The molecule has 0 bridgehead atoms. The molecule has 0 atom stereocenters. The molecule has 230 valence electrons. The Labute approximate surface area is 251 Å². The van der Waals surface area contributed by atoms with Crippen molar-refractivity contribution in [3.63, 3.8) is 0 Å². The Bertz CT molecular complexity index is 1690. The summed E-state index contributed by atoms with van der Waals surface area (Å²) in [5.74, 6) is 0.152. The zero-order chi connectivity index (χ0) is 31.1. The van der Waals surface area contributed by atoms with Crippen LogP contribution in [0.2, 0.25) is 0 Å². The molecule has 9 nitrogen and oxygen atoms in total. The average Bonchev–Trinajstić information content (AvgIpc) is 3.43. The second-order valence-electron chi connectivity index (χ2n) is 11.8. The van der Waals surface area contributed by atoms with Crippen LogP contribution in [0.25, 0.3) is 33.9 Å². The first-order chi connectivity index (χ1) is 21.1. The van der Waals surface area contributed by atoms with Gasteiger partial charge in [0.15, 0.2) is 11.5 Å². The number of methoxy groups -OCH3 is 1. The number of nitrogens with one attached hydrogen (secondary N) is 1. The Morgan fingerprint density at radius 1 is 1.09 bits per heavy atom. The molecule has 2 fully saturated rings. The normalized spacial score (nSPS) is 17.0. The van der Waals surface area contributed by atoms with E-state index in [-0.39, 0.29) is 28.2 Å². The molecular formula is C31H32F4N8O. The van der Waals surface area contributed by atoms with Gasteiger partial charge in [0.05, 0.1) is 42.0 Å². The molecule has 6 rings (SSSR count). The highest BCUT2D eigenvalue weighted by molar-refractivity contribution is 5.91. The first-order valence-corrected chi connectivity index (χ1v) is 14.5. The lowest BCUT2D eigenvalue weighted by molar-refractivity contribution is -0.137. The van der Waals surface area contributed by atoms with E-state index < -0.39 is 17.6 Å². The van der Waals surface area contributed by atoms with Crippen molar-refractivity contribution in [3.05, 3.63) is 48.0 Å². The van der Waals surface area contributed by atoms with Crippen molar-refractivity contribution in [2.24, 2.45) is 11.3 Å². The van der Waals surface area contributed by atoms with Crippen molar-refractivity contribution >= 4 is 22.7 Å². The van der Waals surface area contributed by atoms with E-state index in [1.807, 2.05) is 11.9 Å². The SMILES string of the molecule is COCC1(CN(C)c2cc(-c3cc(F)cc(C(F)(F)F)c3)nc3nc(-c4cnc(N5CCC(C#N)CC5)cn4)[nH]c23)CCC1. The highest BCUT2D eigenvalue weighted by atomic mass is 19.4. The summed E-state index contributed by atoms with van der Waals surface area (Å²) in [6, 6.07) is 6.41. The number of H-pyrrole nitrogens is 1. The van der Waals surface area contributed by atoms with Gasteiger partial charge in [-0.05, 0) is 49.9 Å². The highest BCUT2D eigenvalue weighted by Crippen LogP contribution is 2.43. The van der Waals surface area contributed by atoms with Gasteiger partial charge in [0.25, 0.3) is 0 Å². The van der Waals surface area contributed by atoms with Crippen molar-refractivity contribution in [1.29, 1.82) is 5.26 Å². The number of halogens is 4. The van der Waals surface area contributed by atoms with Gasteiger partial charge in [-0.2, -0.15) is 18.4 Å².